The molecule has 1 amide bonds. The highest BCUT2D eigenvalue weighted by molar-refractivity contribution is 7.12. The van der Waals surface area contributed by atoms with Crippen molar-refractivity contribution in [3.63, 3.8) is 0 Å². The Morgan fingerprint density at radius 1 is 1.53 bits per heavy atom. The van der Waals surface area contributed by atoms with Crippen LogP contribution in [0.25, 0.3) is 0 Å². The maximum absolute atomic E-state index is 11.1. The highest BCUT2D eigenvalue weighted by Gasteiger charge is 2.24. The lowest BCUT2D eigenvalue weighted by Gasteiger charge is -2.20. The number of carbonyl (C=O) groups is 2. The molecule has 0 aliphatic carbocycles. The zero-order valence-electron chi connectivity index (χ0n) is 9.82. The normalized spacial score (nSPS) is 11.4. The van der Waals surface area contributed by atoms with E-state index >= 15 is 0 Å². The third kappa shape index (κ3) is 3.54. The molecule has 0 spiro atoms. The van der Waals surface area contributed by atoms with E-state index in [-0.39, 0.29) is 5.91 Å². The molecule has 0 fully saturated rings. The third-order valence-corrected chi connectivity index (χ3v) is 3.44. The minimum Gasteiger partial charge on any atom is -0.477 e. The molecule has 0 unspecified atom stereocenters. The summed E-state index contributed by atoms with van der Waals surface area (Å²) in [5.74, 6) is -1.31. The van der Waals surface area contributed by atoms with Gasteiger partial charge in [-0.15, -0.1) is 11.3 Å². The van der Waals surface area contributed by atoms with Crippen molar-refractivity contribution in [3.8, 4) is 0 Å². The van der Waals surface area contributed by atoms with E-state index in [0.29, 0.717) is 18.0 Å². The highest BCUT2D eigenvalue weighted by atomic mass is 32.1. The molecule has 0 bridgehead atoms. The first-order chi connectivity index (χ1) is 7.84. The molecule has 1 heterocycles. The van der Waals surface area contributed by atoms with E-state index in [1.165, 1.54) is 11.3 Å². The summed E-state index contributed by atoms with van der Waals surface area (Å²) < 4.78 is 0. The topological polar surface area (TPSA) is 92.4 Å². The average molecular weight is 256 g/mol. The lowest BCUT2D eigenvalue weighted by atomic mass is 9.93. The first kappa shape index (κ1) is 13.7. The van der Waals surface area contributed by atoms with Crippen LogP contribution in [0.2, 0.25) is 0 Å². The van der Waals surface area contributed by atoms with Crippen LogP contribution in [-0.4, -0.2) is 23.5 Å². The quantitative estimate of drug-likeness (QED) is 0.709. The molecule has 0 radical (unpaired) electrons. The molecule has 17 heavy (non-hydrogen) atoms. The monoisotopic (exact) mass is 256 g/mol. The van der Waals surface area contributed by atoms with Crippen molar-refractivity contribution in [2.45, 2.75) is 20.4 Å². The molecule has 5 nitrogen and oxygen atoms in total. The summed E-state index contributed by atoms with van der Waals surface area (Å²) in [4.78, 5) is 22.3. The van der Waals surface area contributed by atoms with Gasteiger partial charge in [-0.1, -0.05) is 0 Å². The highest BCUT2D eigenvalue weighted by Crippen LogP contribution is 2.17. The van der Waals surface area contributed by atoms with Gasteiger partial charge >= 0.3 is 5.97 Å². The van der Waals surface area contributed by atoms with E-state index in [2.05, 4.69) is 5.32 Å². The minimum absolute atomic E-state index is 0.328. The standard InChI is InChI=1S/C11H16N2O3S/c1-11(2,10(12)16)6-13-5-7-3-4-17-8(7)9(14)15/h3-4,13H,5-6H2,1-2H3,(H2,12,16)(H,14,15). The van der Waals surface area contributed by atoms with E-state index in [9.17, 15) is 9.59 Å². The second-order valence-corrected chi connectivity index (χ2v) is 5.35. The van der Waals surface area contributed by atoms with Gasteiger partial charge in [-0.25, -0.2) is 4.79 Å². The number of carboxylic acids is 1. The van der Waals surface area contributed by atoms with Crippen molar-refractivity contribution >= 4 is 23.2 Å². The van der Waals surface area contributed by atoms with Crippen LogP contribution in [0.4, 0.5) is 0 Å². The van der Waals surface area contributed by atoms with Crippen LogP contribution in [0.5, 0.6) is 0 Å². The summed E-state index contributed by atoms with van der Waals surface area (Å²) in [5, 5.41) is 13.7. The summed E-state index contributed by atoms with van der Waals surface area (Å²) in [5.41, 5.74) is 5.32. The Morgan fingerprint density at radius 3 is 2.71 bits per heavy atom. The molecule has 0 saturated heterocycles. The van der Waals surface area contributed by atoms with E-state index in [1.807, 2.05) is 0 Å². The van der Waals surface area contributed by atoms with Crippen molar-refractivity contribution in [1.29, 1.82) is 0 Å². The predicted molar refractivity (Wildman–Crippen MR) is 66.0 cm³/mol. The Hall–Kier alpha value is -1.40. The zero-order chi connectivity index (χ0) is 13.1. The number of nitrogens with two attached hydrogens (primary N) is 1. The minimum atomic E-state index is -0.925. The van der Waals surface area contributed by atoms with E-state index in [4.69, 9.17) is 10.8 Å². The fraction of sp³-hybridized carbons (Fsp3) is 0.455. The number of aromatic carboxylic acids is 1. The number of hydrogen-bond acceptors (Lipinski definition) is 4. The summed E-state index contributed by atoms with van der Waals surface area (Å²) >= 11 is 1.19. The van der Waals surface area contributed by atoms with Crippen molar-refractivity contribution in [1.82, 2.24) is 5.32 Å². The second-order valence-electron chi connectivity index (χ2n) is 4.43. The fourth-order valence-electron chi connectivity index (χ4n) is 1.26. The van der Waals surface area contributed by atoms with Crippen LogP contribution in [0, 0.1) is 5.41 Å². The smallest absolute Gasteiger partial charge is 0.346 e. The maximum Gasteiger partial charge on any atom is 0.346 e. The van der Waals surface area contributed by atoms with Gasteiger partial charge in [-0.3, -0.25) is 4.79 Å². The van der Waals surface area contributed by atoms with Gasteiger partial charge in [0.1, 0.15) is 4.88 Å². The van der Waals surface area contributed by atoms with E-state index in [1.54, 1.807) is 25.3 Å². The molecule has 0 atom stereocenters. The molecular formula is C11H16N2O3S. The van der Waals surface area contributed by atoms with Crippen molar-refractivity contribution in [3.05, 3.63) is 21.9 Å². The van der Waals surface area contributed by atoms with E-state index < -0.39 is 11.4 Å². The maximum atomic E-state index is 11.1. The SMILES string of the molecule is CC(C)(CNCc1ccsc1C(=O)O)C(N)=O. The number of carboxylic acid groups (broad SMARTS) is 1. The molecule has 1 aromatic rings. The van der Waals surface area contributed by atoms with Crippen LogP contribution in [0.1, 0.15) is 29.1 Å². The van der Waals surface area contributed by atoms with E-state index in [0.717, 1.165) is 5.56 Å². The number of hydrogen-bond donors (Lipinski definition) is 3. The van der Waals surface area contributed by atoms with Crippen molar-refractivity contribution in [2.75, 3.05) is 6.54 Å². The van der Waals surface area contributed by atoms with Crippen LogP contribution in [-0.2, 0) is 11.3 Å². The lowest BCUT2D eigenvalue weighted by Crippen LogP contribution is -2.40. The van der Waals surface area contributed by atoms with Gasteiger partial charge in [0.05, 0.1) is 5.41 Å². The van der Waals surface area contributed by atoms with Gasteiger partial charge < -0.3 is 16.2 Å². The second kappa shape index (κ2) is 5.29. The average Bonchev–Trinajstić information content (AvgIpc) is 2.65. The largest absolute Gasteiger partial charge is 0.477 e. The third-order valence-electron chi connectivity index (χ3n) is 2.49. The summed E-state index contributed by atoms with van der Waals surface area (Å²) in [6.07, 6.45) is 0. The number of rotatable bonds is 6. The van der Waals surface area contributed by atoms with Crippen LogP contribution >= 0.6 is 11.3 Å². The first-order valence-electron chi connectivity index (χ1n) is 5.15. The molecule has 1 rings (SSSR count). The Balaban J connectivity index is 2.54. The Kier molecular flexibility index (Phi) is 4.25. The van der Waals surface area contributed by atoms with Crippen LogP contribution < -0.4 is 11.1 Å². The van der Waals surface area contributed by atoms with Gasteiger partial charge in [0, 0.05) is 13.1 Å². The number of nitrogens with one attached hydrogen (secondary N) is 1. The molecule has 94 valence electrons. The molecule has 0 aliphatic rings. The molecule has 0 aromatic carbocycles. The molecule has 0 saturated carbocycles. The number of carbonyl (C=O) groups excluding carboxylic acids is 1. The molecule has 1 aromatic heterocycles. The summed E-state index contributed by atoms with van der Waals surface area (Å²) in [6, 6.07) is 1.76. The predicted octanol–water partition coefficient (Wildman–Crippen LogP) is 1.05. The van der Waals surface area contributed by atoms with Gasteiger partial charge in [-0.2, -0.15) is 0 Å². The van der Waals surface area contributed by atoms with Crippen molar-refractivity contribution < 1.29 is 14.7 Å². The van der Waals surface area contributed by atoms with Gasteiger partial charge in [0.15, 0.2) is 0 Å². The number of thiophene rings is 1. The Morgan fingerprint density at radius 2 is 2.18 bits per heavy atom. The molecular weight excluding hydrogens is 240 g/mol. The molecule has 6 heteroatoms. The zero-order valence-corrected chi connectivity index (χ0v) is 10.6. The van der Waals surface area contributed by atoms with Gasteiger partial charge in [0.25, 0.3) is 0 Å². The summed E-state index contributed by atoms with van der Waals surface area (Å²) in [6.45, 7) is 4.32. The van der Waals surface area contributed by atoms with Crippen LogP contribution in [0.15, 0.2) is 11.4 Å². The Bertz CT molecular complexity index is 426. The van der Waals surface area contributed by atoms with Crippen LogP contribution in [0.3, 0.4) is 0 Å². The Labute approximate surface area is 104 Å². The number of amides is 1. The first-order valence-corrected chi connectivity index (χ1v) is 6.03. The molecule has 4 N–H and O–H groups in total. The summed E-state index contributed by atoms with van der Waals surface area (Å²) in [7, 11) is 0. The molecule has 0 aliphatic heterocycles. The van der Waals surface area contributed by atoms with Gasteiger partial charge in [-0.05, 0) is 30.9 Å². The van der Waals surface area contributed by atoms with Gasteiger partial charge in [0.2, 0.25) is 5.91 Å². The fourth-order valence-corrected chi connectivity index (χ4v) is 2.02. The number of primary amides is 1. The lowest BCUT2D eigenvalue weighted by molar-refractivity contribution is -0.125. The van der Waals surface area contributed by atoms with Crippen molar-refractivity contribution in [2.24, 2.45) is 11.1 Å².